The average Bonchev–Trinajstić information content (AvgIpc) is 2.07. The quantitative estimate of drug-likeness (QED) is 0.596. The van der Waals surface area contributed by atoms with Crippen LogP contribution < -0.4 is 5.48 Å². The van der Waals surface area contributed by atoms with Crippen molar-refractivity contribution in [1.82, 2.24) is 15.7 Å². The minimum Gasteiger partial charge on any atom is -0.277 e. The maximum absolute atomic E-state index is 10.9. The molecule has 0 atom stereocenters. The van der Waals surface area contributed by atoms with E-state index in [2.05, 4.69) is 20.5 Å². The molecule has 0 unspecified atom stereocenters. The van der Waals surface area contributed by atoms with Gasteiger partial charge >= 0.3 is 0 Å². The Morgan fingerprint density at radius 2 is 2.45 bits per heavy atom. The number of hydroxylamine groups is 1. The van der Waals surface area contributed by atoms with E-state index in [1.165, 1.54) is 19.5 Å². The topological polar surface area (TPSA) is 64.1 Å². The lowest BCUT2D eigenvalue weighted by Crippen LogP contribution is -2.21. The Kier molecular flexibility index (Phi) is 2.51. The highest BCUT2D eigenvalue weighted by Gasteiger charge is 2.02. The number of amides is 1. The third-order valence-electron chi connectivity index (χ3n) is 1.04. The lowest BCUT2D eigenvalue weighted by molar-refractivity contribution is 0.0537. The summed E-state index contributed by atoms with van der Waals surface area (Å²) in [5.41, 5.74) is 2.57. The smallest absolute Gasteiger partial charge is 0.276 e. The molecule has 1 amide bonds. The highest BCUT2D eigenvalue weighted by molar-refractivity contribution is 5.92. The number of nitrogens with zero attached hydrogens (tertiary/aromatic N) is 2. The molecule has 1 N–H and O–H groups in total. The minimum absolute atomic E-state index is 0.331. The zero-order valence-corrected chi connectivity index (χ0v) is 5.94. The fourth-order valence-corrected chi connectivity index (χ4v) is 0.577. The van der Waals surface area contributed by atoms with Gasteiger partial charge in [0.2, 0.25) is 0 Å². The molecule has 0 bridgehead atoms. The lowest BCUT2D eigenvalue weighted by Gasteiger charge is -1.98. The minimum atomic E-state index is -0.331. The number of carbonyl (C=O) groups is 1. The van der Waals surface area contributed by atoms with Gasteiger partial charge in [0.15, 0.2) is 0 Å². The fourth-order valence-electron chi connectivity index (χ4n) is 0.577. The Morgan fingerprint density at radius 3 is 3.00 bits per heavy atom. The van der Waals surface area contributed by atoms with Crippen molar-refractivity contribution in [1.29, 1.82) is 0 Å². The van der Waals surface area contributed by atoms with Crippen molar-refractivity contribution < 1.29 is 9.63 Å². The molecule has 0 saturated heterocycles. The predicted molar refractivity (Wildman–Crippen MR) is 36.5 cm³/mol. The van der Waals surface area contributed by atoms with E-state index in [-0.39, 0.29) is 5.91 Å². The van der Waals surface area contributed by atoms with Crippen molar-refractivity contribution in [3.8, 4) is 0 Å². The molecule has 5 nitrogen and oxygen atoms in total. The molecule has 0 aliphatic heterocycles. The van der Waals surface area contributed by atoms with Crippen molar-refractivity contribution in [3.63, 3.8) is 0 Å². The SMILES string of the molecule is CONC(=O)c1ccnnc1. The van der Waals surface area contributed by atoms with Gasteiger partial charge in [-0.05, 0) is 6.07 Å². The van der Waals surface area contributed by atoms with Gasteiger partial charge in [-0.1, -0.05) is 0 Å². The predicted octanol–water partition coefficient (Wildman–Crippen LogP) is -0.232. The van der Waals surface area contributed by atoms with E-state index in [0.29, 0.717) is 5.56 Å². The van der Waals surface area contributed by atoms with Crippen LogP contribution in [0.5, 0.6) is 0 Å². The van der Waals surface area contributed by atoms with Crippen molar-refractivity contribution in [2.24, 2.45) is 0 Å². The fraction of sp³-hybridized carbons (Fsp3) is 0.167. The van der Waals surface area contributed by atoms with E-state index in [0.717, 1.165) is 0 Å². The molecule has 1 heterocycles. The molecule has 5 heteroatoms. The molecular formula is C6H7N3O2. The van der Waals surface area contributed by atoms with Gasteiger partial charge < -0.3 is 0 Å². The van der Waals surface area contributed by atoms with E-state index >= 15 is 0 Å². The molecule has 0 aliphatic carbocycles. The summed E-state index contributed by atoms with van der Waals surface area (Å²) in [7, 11) is 1.37. The number of hydrogen-bond acceptors (Lipinski definition) is 4. The van der Waals surface area contributed by atoms with Crippen LogP contribution in [0.1, 0.15) is 10.4 Å². The Labute approximate surface area is 63.3 Å². The van der Waals surface area contributed by atoms with Crippen LogP contribution in [-0.4, -0.2) is 23.2 Å². The van der Waals surface area contributed by atoms with E-state index in [1.807, 2.05) is 0 Å². The van der Waals surface area contributed by atoms with Crippen LogP contribution in [0, 0.1) is 0 Å². The molecule has 1 aromatic heterocycles. The van der Waals surface area contributed by atoms with Gasteiger partial charge in [0.1, 0.15) is 0 Å². The first-order chi connectivity index (χ1) is 5.34. The summed E-state index contributed by atoms with van der Waals surface area (Å²) >= 11 is 0. The van der Waals surface area contributed by atoms with Crippen LogP contribution in [0.3, 0.4) is 0 Å². The summed E-state index contributed by atoms with van der Waals surface area (Å²) in [6, 6.07) is 1.54. The number of aromatic nitrogens is 2. The van der Waals surface area contributed by atoms with Gasteiger partial charge in [-0.15, -0.1) is 0 Å². The van der Waals surface area contributed by atoms with Gasteiger partial charge in [-0.3, -0.25) is 9.63 Å². The van der Waals surface area contributed by atoms with Crippen molar-refractivity contribution >= 4 is 5.91 Å². The Hall–Kier alpha value is -1.49. The van der Waals surface area contributed by atoms with E-state index in [4.69, 9.17) is 0 Å². The van der Waals surface area contributed by atoms with E-state index < -0.39 is 0 Å². The molecule has 0 saturated carbocycles. The Bertz CT molecular complexity index is 237. The van der Waals surface area contributed by atoms with Crippen LogP contribution in [0.4, 0.5) is 0 Å². The standard InChI is InChI=1S/C6H7N3O2/c1-11-9-6(10)5-2-3-7-8-4-5/h2-4H,1H3,(H,9,10). The van der Waals surface area contributed by atoms with E-state index in [9.17, 15) is 4.79 Å². The van der Waals surface area contributed by atoms with Crippen LogP contribution in [-0.2, 0) is 4.84 Å². The zero-order chi connectivity index (χ0) is 8.10. The highest BCUT2D eigenvalue weighted by atomic mass is 16.6. The number of carbonyl (C=O) groups excluding carboxylic acids is 1. The van der Waals surface area contributed by atoms with Gasteiger partial charge in [-0.25, -0.2) is 5.48 Å². The molecular weight excluding hydrogens is 146 g/mol. The van der Waals surface area contributed by atoms with Gasteiger partial charge in [0, 0.05) is 0 Å². The molecule has 11 heavy (non-hydrogen) atoms. The summed E-state index contributed by atoms with van der Waals surface area (Å²) < 4.78 is 0. The molecule has 1 aromatic rings. The summed E-state index contributed by atoms with van der Waals surface area (Å²) in [4.78, 5) is 15.4. The molecule has 0 aromatic carbocycles. The van der Waals surface area contributed by atoms with Crippen LogP contribution in [0.2, 0.25) is 0 Å². The molecule has 0 fully saturated rings. The third-order valence-corrected chi connectivity index (χ3v) is 1.04. The van der Waals surface area contributed by atoms with Gasteiger partial charge in [0.05, 0.1) is 25.1 Å². The monoisotopic (exact) mass is 153 g/mol. The number of hydrogen-bond donors (Lipinski definition) is 1. The van der Waals surface area contributed by atoms with Crippen molar-refractivity contribution in [2.45, 2.75) is 0 Å². The molecule has 0 radical (unpaired) electrons. The summed E-state index contributed by atoms with van der Waals surface area (Å²) in [5, 5.41) is 7.04. The van der Waals surface area contributed by atoms with Crippen LogP contribution in [0.25, 0.3) is 0 Å². The summed E-state index contributed by atoms with van der Waals surface area (Å²) in [6.07, 6.45) is 2.79. The van der Waals surface area contributed by atoms with Gasteiger partial charge in [-0.2, -0.15) is 10.2 Å². The van der Waals surface area contributed by atoms with Crippen molar-refractivity contribution in [3.05, 3.63) is 24.0 Å². The molecule has 1 rings (SSSR count). The first-order valence-corrected chi connectivity index (χ1v) is 2.94. The molecule has 0 spiro atoms. The maximum Gasteiger partial charge on any atom is 0.276 e. The highest BCUT2D eigenvalue weighted by Crippen LogP contribution is 1.91. The number of rotatable bonds is 2. The normalized spacial score (nSPS) is 9.18. The Balaban J connectivity index is 2.69. The average molecular weight is 153 g/mol. The molecule has 0 aliphatic rings. The first-order valence-electron chi connectivity index (χ1n) is 2.94. The molecule has 58 valence electrons. The number of nitrogens with one attached hydrogen (secondary N) is 1. The van der Waals surface area contributed by atoms with Gasteiger partial charge in [0.25, 0.3) is 5.91 Å². The summed E-state index contributed by atoms with van der Waals surface area (Å²) in [5.74, 6) is -0.331. The Morgan fingerprint density at radius 1 is 1.64 bits per heavy atom. The second-order valence-corrected chi connectivity index (χ2v) is 1.77. The zero-order valence-electron chi connectivity index (χ0n) is 5.94. The second-order valence-electron chi connectivity index (χ2n) is 1.77. The van der Waals surface area contributed by atoms with E-state index in [1.54, 1.807) is 6.07 Å². The second kappa shape index (κ2) is 3.62. The van der Waals surface area contributed by atoms with Crippen molar-refractivity contribution in [2.75, 3.05) is 7.11 Å². The summed E-state index contributed by atoms with van der Waals surface area (Å²) in [6.45, 7) is 0. The van der Waals surface area contributed by atoms with Crippen LogP contribution in [0.15, 0.2) is 18.5 Å². The maximum atomic E-state index is 10.9. The lowest BCUT2D eigenvalue weighted by atomic mass is 10.3. The first kappa shape index (κ1) is 7.62. The largest absolute Gasteiger partial charge is 0.277 e. The van der Waals surface area contributed by atoms with Crippen LogP contribution >= 0.6 is 0 Å². The third kappa shape index (κ3) is 1.98.